The molecular weight excluding hydrogens is 242 g/mol. The topological polar surface area (TPSA) is 37.3 Å². The van der Waals surface area contributed by atoms with E-state index in [9.17, 15) is 0 Å². The van der Waals surface area contributed by atoms with E-state index in [1.54, 1.807) is 0 Å². The molecule has 0 unspecified atom stereocenters. The lowest BCUT2D eigenvalue weighted by atomic mass is 9.96. The van der Waals surface area contributed by atoms with Gasteiger partial charge in [0.1, 0.15) is 0 Å². The number of nitrogens with zero attached hydrogens (tertiary/aromatic N) is 2. The molecule has 1 fully saturated rings. The molecule has 2 rings (SSSR count). The first-order valence-corrected chi connectivity index (χ1v) is 7.61. The van der Waals surface area contributed by atoms with Gasteiger partial charge in [-0.3, -0.25) is 9.98 Å². The van der Waals surface area contributed by atoms with Crippen LogP contribution in [0.15, 0.2) is 29.5 Å². The van der Waals surface area contributed by atoms with Crippen LogP contribution in [0.25, 0.3) is 0 Å². The fourth-order valence-corrected chi connectivity index (χ4v) is 3.42. The number of nitrogens with one attached hydrogen (secondary N) is 1. The number of aromatic nitrogens is 1. The number of amidine groups is 1. The molecule has 1 aliphatic heterocycles. The smallest absolute Gasteiger partial charge is 0.157 e. The Bertz CT molecular complexity index is 399. The summed E-state index contributed by atoms with van der Waals surface area (Å²) in [5, 5.41) is 4.71. The van der Waals surface area contributed by atoms with Gasteiger partial charge in [-0.25, -0.2) is 0 Å². The summed E-state index contributed by atoms with van der Waals surface area (Å²) in [6.45, 7) is 5.34. The molecule has 1 aliphatic rings. The van der Waals surface area contributed by atoms with Crippen molar-refractivity contribution in [2.45, 2.75) is 38.6 Å². The van der Waals surface area contributed by atoms with Crippen molar-refractivity contribution < 1.29 is 0 Å². The zero-order valence-electron chi connectivity index (χ0n) is 11.1. The van der Waals surface area contributed by atoms with Crippen LogP contribution >= 0.6 is 11.8 Å². The molecule has 0 atom stereocenters. The predicted octanol–water partition coefficient (Wildman–Crippen LogP) is 2.88. The highest BCUT2D eigenvalue weighted by Gasteiger charge is 2.33. The van der Waals surface area contributed by atoms with Crippen LogP contribution in [0.4, 0.5) is 0 Å². The van der Waals surface area contributed by atoms with Gasteiger partial charge in [0.2, 0.25) is 0 Å². The molecule has 4 heteroatoms. The van der Waals surface area contributed by atoms with Crippen LogP contribution in [-0.2, 0) is 6.42 Å². The third kappa shape index (κ3) is 3.25. The lowest BCUT2D eigenvalue weighted by molar-refractivity contribution is 0.407. The molecule has 0 aromatic carbocycles. The maximum absolute atomic E-state index is 4.66. The fraction of sp³-hybridized carbons (Fsp3) is 0.571. The molecular formula is C14H21N3S. The predicted molar refractivity (Wildman–Crippen MR) is 79.1 cm³/mol. The second-order valence-electron chi connectivity index (χ2n) is 4.69. The molecule has 0 radical (unpaired) electrons. The quantitative estimate of drug-likeness (QED) is 0.887. The van der Waals surface area contributed by atoms with Crippen LogP contribution in [0, 0.1) is 0 Å². The van der Waals surface area contributed by atoms with Crippen LogP contribution in [0.2, 0.25) is 0 Å². The minimum absolute atomic E-state index is 0.278. The van der Waals surface area contributed by atoms with E-state index in [-0.39, 0.29) is 5.54 Å². The van der Waals surface area contributed by atoms with Gasteiger partial charge in [-0.2, -0.15) is 0 Å². The van der Waals surface area contributed by atoms with Crippen LogP contribution in [0.5, 0.6) is 0 Å². The average molecular weight is 263 g/mol. The van der Waals surface area contributed by atoms with Gasteiger partial charge in [-0.1, -0.05) is 25.6 Å². The maximum atomic E-state index is 4.66. The van der Waals surface area contributed by atoms with E-state index in [1.807, 2.05) is 24.2 Å². The molecule has 18 heavy (non-hydrogen) atoms. The summed E-state index contributed by atoms with van der Waals surface area (Å²) in [6, 6.07) is 4.11. The van der Waals surface area contributed by atoms with E-state index in [4.69, 9.17) is 0 Å². The summed E-state index contributed by atoms with van der Waals surface area (Å²) in [6.07, 6.45) is 6.99. The summed E-state index contributed by atoms with van der Waals surface area (Å²) in [4.78, 5) is 8.68. The van der Waals surface area contributed by atoms with Gasteiger partial charge in [0.15, 0.2) is 5.17 Å². The van der Waals surface area contributed by atoms with Crippen molar-refractivity contribution in [3.63, 3.8) is 0 Å². The van der Waals surface area contributed by atoms with E-state index in [0.29, 0.717) is 0 Å². The van der Waals surface area contributed by atoms with Gasteiger partial charge < -0.3 is 5.32 Å². The van der Waals surface area contributed by atoms with Crippen LogP contribution < -0.4 is 5.32 Å². The van der Waals surface area contributed by atoms with Crippen molar-refractivity contribution >= 4 is 16.9 Å². The summed E-state index contributed by atoms with van der Waals surface area (Å²) in [5.74, 6) is 1.15. The van der Waals surface area contributed by atoms with E-state index in [0.717, 1.165) is 23.9 Å². The van der Waals surface area contributed by atoms with Crippen LogP contribution in [0.1, 0.15) is 32.3 Å². The zero-order valence-corrected chi connectivity index (χ0v) is 12.0. The molecule has 1 saturated heterocycles. The Morgan fingerprint density at radius 3 is 2.67 bits per heavy atom. The van der Waals surface area contributed by atoms with Crippen LogP contribution in [0.3, 0.4) is 0 Å². The third-order valence-electron chi connectivity index (χ3n) is 3.62. The van der Waals surface area contributed by atoms with E-state index in [2.05, 4.69) is 41.3 Å². The summed E-state index contributed by atoms with van der Waals surface area (Å²) in [5.41, 5.74) is 1.58. The zero-order chi connectivity index (χ0) is 12.8. The lowest BCUT2D eigenvalue weighted by Gasteiger charge is -2.25. The van der Waals surface area contributed by atoms with Gasteiger partial charge in [0.05, 0.1) is 0 Å². The Hall–Kier alpha value is -1.03. The number of rotatable bonds is 5. The van der Waals surface area contributed by atoms with E-state index >= 15 is 0 Å². The molecule has 1 N–H and O–H groups in total. The summed E-state index contributed by atoms with van der Waals surface area (Å²) < 4.78 is 0. The second kappa shape index (κ2) is 6.23. The first-order valence-electron chi connectivity index (χ1n) is 6.62. The van der Waals surface area contributed by atoms with E-state index in [1.165, 1.54) is 18.4 Å². The Balaban J connectivity index is 1.85. The molecule has 2 heterocycles. The third-order valence-corrected chi connectivity index (χ3v) is 4.82. The van der Waals surface area contributed by atoms with Crippen molar-refractivity contribution in [1.82, 2.24) is 10.3 Å². The molecule has 0 amide bonds. The molecule has 3 nitrogen and oxygen atoms in total. The molecule has 1 aromatic rings. The highest BCUT2D eigenvalue weighted by molar-refractivity contribution is 8.14. The number of thioether (sulfide) groups is 1. The van der Waals surface area contributed by atoms with Gasteiger partial charge in [0.25, 0.3) is 0 Å². The van der Waals surface area contributed by atoms with E-state index < -0.39 is 0 Å². The fourth-order valence-electron chi connectivity index (χ4n) is 2.06. The Morgan fingerprint density at radius 2 is 2.06 bits per heavy atom. The molecule has 0 aliphatic carbocycles. The van der Waals surface area contributed by atoms with Gasteiger partial charge in [-0.15, -0.1) is 0 Å². The minimum Gasteiger partial charge on any atom is -0.359 e. The SMILES string of the molecule is CCC1(CC)CSC(=NCCc2ccncc2)N1. The minimum atomic E-state index is 0.278. The first-order chi connectivity index (χ1) is 8.78. The highest BCUT2D eigenvalue weighted by Crippen LogP contribution is 2.28. The molecule has 0 spiro atoms. The van der Waals surface area contributed by atoms with Crippen molar-refractivity contribution in [3.05, 3.63) is 30.1 Å². The number of pyridine rings is 1. The molecule has 0 bridgehead atoms. The highest BCUT2D eigenvalue weighted by atomic mass is 32.2. The number of hydrogen-bond acceptors (Lipinski definition) is 3. The molecule has 0 saturated carbocycles. The summed E-state index contributed by atoms with van der Waals surface area (Å²) >= 11 is 1.86. The Morgan fingerprint density at radius 1 is 1.33 bits per heavy atom. The van der Waals surface area contributed by atoms with Gasteiger partial charge in [-0.05, 0) is 37.0 Å². The lowest BCUT2D eigenvalue weighted by Crippen LogP contribution is -2.42. The Kier molecular flexibility index (Phi) is 4.64. The average Bonchev–Trinajstić information content (AvgIpc) is 2.84. The van der Waals surface area contributed by atoms with Crippen molar-refractivity contribution in [3.8, 4) is 0 Å². The van der Waals surface area contributed by atoms with Crippen molar-refractivity contribution in [1.29, 1.82) is 0 Å². The second-order valence-corrected chi connectivity index (χ2v) is 5.66. The number of hydrogen-bond donors (Lipinski definition) is 1. The van der Waals surface area contributed by atoms with Gasteiger partial charge in [0, 0.05) is 30.2 Å². The van der Waals surface area contributed by atoms with Crippen molar-refractivity contribution in [2.24, 2.45) is 4.99 Å². The monoisotopic (exact) mass is 263 g/mol. The summed E-state index contributed by atoms with van der Waals surface area (Å²) in [7, 11) is 0. The molecule has 98 valence electrons. The normalized spacial score (nSPS) is 20.0. The maximum Gasteiger partial charge on any atom is 0.157 e. The standard InChI is InChI=1S/C14H21N3S/c1-3-14(4-2)11-18-13(17-14)16-10-7-12-5-8-15-9-6-12/h5-6,8-9H,3-4,7,10-11H2,1-2H3,(H,16,17). The number of aliphatic imine (C=N–C) groups is 1. The first kappa shape index (κ1) is 13.4. The van der Waals surface area contributed by atoms with Gasteiger partial charge >= 0.3 is 0 Å². The van der Waals surface area contributed by atoms with Crippen LogP contribution in [-0.4, -0.2) is 28.0 Å². The largest absolute Gasteiger partial charge is 0.359 e. The van der Waals surface area contributed by atoms with Crippen molar-refractivity contribution in [2.75, 3.05) is 12.3 Å². The Labute approximate surface area is 113 Å². The molecule has 1 aromatic heterocycles.